The van der Waals surface area contributed by atoms with Gasteiger partial charge in [0.1, 0.15) is 5.82 Å². The zero-order valence-corrected chi connectivity index (χ0v) is 9.95. The van der Waals surface area contributed by atoms with Gasteiger partial charge in [0.15, 0.2) is 0 Å². The molecule has 2 rings (SSSR count). The quantitative estimate of drug-likeness (QED) is 0.855. The fourth-order valence-corrected chi connectivity index (χ4v) is 1.72. The van der Waals surface area contributed by atoms with Crippen molar-refractivity contribution in [3.05, 3.63) is 53.1 Å². The molecule has 0 fully saturated rings. The summed E-state index contributed by atoms with van der Waals surface area (Å²) in [6.45, 7) is 0. The van der Waals surface area contributed by atoms with Crippen molar-refractivity contribution >= 4 is 0 Å². The van der Waals surface area contributed by atoms with Crippen LogP contribution in [0, 0.1) is 5.82 Å². The zero-order chi connectivity index (χ0) is 14.2. The summed E-state index contributed by atoms with van der Waals surface area (Å²) in [6, 6.07) is 3.50. The molecule has 0 aliphatic heterocycles. The highest BCUT2D eigenvalue weighted by atomic mass is 19.4. The molecule has 3 nitrogen and oxygen atoms in total. The molecule has 19 heavy (non-hydrogen) atoms. The second-order valence-electron chi connectivity index (χ2n) is 4.13. The summed E-state index contributed by atoms with van der Waals surface area (Å²) in [5.74, 6) is -1.34. The average molecular weight is 273 g/mol. The summed E-state index contributed by atoms with van der Waals surface area (Å²) < 4.78 is 52.2. The van der Waals surface area contributed by atoms with Gasteiger partial charge in [-0.3, -0.25) is 4.68 Å². The van der Waals surface area contributed by atoms with Crippen LogP contribution in [0.2, 0.25) is 0 Å². The summed E-state index contributed by atoms with van der Waals surface area (Å²) in [6.07, 6.45) is -3.06. The molecule has 1 atom stereocenters. The van der Waals surface area contributed by atoms with E-state index in [0.29, 0.717) is 11.8 Å². The van der Waals surface area contributed by atoms with Gasteiger partial charge < -0.3 is 5.73 Å². The molecule has 1 heterocycles. The molecule has 2 aromatic rings. The van der Waals surface area contributed by atoms with Crippen LogP contribution in [0.1, 0.15) is 22.9 Å². The van der Waals surface area contributed by atoms with Crippen LogP contribution in [0.4, 0.5) is 17.6 Å². The number of aryl methyl sites for hydroxylation is 1. The minimum Gasteiger partial charge on any atom is -0.319 e. The van der Waals surface area contributed by atoms with Gasteiger partial charge >= 0.3 is 6.18 Å². The highest BCUT2D eigenvalue weighted by Gasteiger charge is 2.34. The molecular weight excluding hydrogens is 262 g/mol. The van der Waals surface area contributed by atoms with E-state index in [-0.39, 0.29) is 5.56 Å². The Kier molecular flexibility index (Phi) is 3.32. The number of halogens is 4. The standard InChI is InChI=1S/C12H11F4N3/c1-19-5-4-10(18-19)11(17)7-2-3-8(9(13)6-7)12(14,15)16/h2-6,11H,17H2,1H3. The van der Waals surface area contributed by atoms with Gasteiger partial charge in [-0.15, -0.1) is 0 Å². The van der Waals surface area contributed by atoms with E-state index in [0.717, 1.165) is 12.1 Å². The first-order chi connectivity index (χ1) is 8.79. The van der Waals surface area contributed by atoms with Gasteiger partial charge in [0.05, 0.1) is 17.3 Å². The highest BCUT2D eigenvalue weighted by Crippen LogP contribution is 2.32. The third-order valence-electron chi connectivity index (χ3n) is 2.71. The number of aromatic nitrogens is 2. The van der Waals surface area contributed by atoms with E-state index >= 15 is 0 Å². The smallest absolute Gasteiger partial charge is 0.319 e. The van der Waals surface area contributed by atoms with Crippen molar-refractivity contribution < 1.29 is 17.6 Å². The van der Waals surface area contributed by atoms with Gasteiger partial charge in [-0.2, -0.15) is 18.3 Å². The van der Waals surface area contributed by atoms with Gasteiger partial charge in [-0.1, -0.05) is 6.07 Å². The number of benzene rings is 1. The van der Waals surface area contributed by atoms with Crippen LogP contribution in [-0.2, 0) is 13.2 Å². The largest absolute Gasteiger partial charge is 0.419 e. The lowest BCUT2D eigenvalue weighted by Crippen LogP contribution is -2.15. The Hall–Kier alpha value is -1.89. The lowest BCUT2D eigenvalue weighted by Gasteiger charge is -2.12. The van der Waals surface area contributed by atoms with E-state index in [4.69, 9.17) is 5.73 Å². The van der Waals surface area contributed by atoms with Crippen LogP contribution in [0.3, 0.4) is 0 Å². The zero-order valence-electron chi connectivity index (χ0n) is 9.95. The second kappa shape index (κ2) is 4.65. The molecule has 0 radical (unpaired) electrons. The maximum absolute atomic E-state index is 13.4. The predicted octanol–water partition coefficient (Wildman–Crippen LogP) is 2.63. The van der Waals surface area contributed by atoms with Crippen molar-refractivity contribution in [2.24, 2.45) is 12.8 Å². The van der Waals surface area contributed by atoms with Crippen LogP contribution in [0.25, 0.3) is 0 Å². The minimum absolute atomic E-state index is 0.240. The van der Waals surface area contributed by atoms with Gasteiger partial charge in [0.2, 0.25) is 0 Å². The molecule has 0 amide bonds. The Morgan fingerprint density at radius 2 is 1.95 bits per heavy atom. The predicted molar refractivity (Wildman–Crippen MR) is 60.6 cm³/mol. The van der Waals surface area contributed by atoms with Gasteiger partial charge in [0.25, 0.3) is 0 Å². The molecule has 1 unspecified atom stereocenters. The fourth-order valence-electron chi connectivity index (χ4n) is 1.72. The number of alkyl halides is 3. The molecule has 2 N–H and O–H groups in total. The lowest BCUT2D eigenvalue weighted by molar-refractivity contribution is -0.140. The van der Waals surface area contributed by atoms with Crippen LogP contribution in [-0.4, -0.2) is 9.78 Å². The minimum atomic E-state index is -4.71. The number of hydrogen-bond donors (Lipinski definition) is 1. The third-order valence-corrected chi connectivity index (χ3v) is 2.71. The van der Waals surface area contributed by atoms with E-state index in [1.807, 2.05) is 0 Å². The average Bonchev–Trinajstić information content (AvgIpc) is 2.73. The fraction of sp³-hybridized carbons (Fsp3) is 0.250. The number of rotatable bonds is 2. The van der Waals surface area contributed by atoms with E-state index in [2.05, 4.69) is 5.10 Å². The summed E-state index contributed by atoms with van der Waals surface area (Å²) in [7, 11) is 1.68. The Labute approximate surface area is 106 Å². The van der Waals surface area contributed by atoms with E-state index in [9.17, 15) is 17.6 Å². The molecule has 102 valence electrons. The van der Waals surface area contributed by atoms with Crippen LogP contribution in [0.15, 0.2) is 30.5 Å². The Balaban J connectivity index is 2.35. The lowest BCUT2D eigenvalue weighted by atomic mass is 10.0. The van der Waals surface area contributed by atoms with Crippen molar-refractivity contribution in [3.8, 4) is 0 Å². The van der Waals surface area contributed by atoms with Crippen LogP contribution < -0.4 is 5.73 Å². The second-order valence-corrected chi connectivity index (χ2v) is 4.13. The van der Waals surface area contributed by atoms with E-state index in [1.54, 1.807) is 19.3 Å². The van der Waals surface area contributed by atoms with Gasteiger partial charge in [-0.25, -0.2) is 4.39 Å². The SMILES string of the molecule is Cn1ccc(C(N)c2ccc(C(F)(F)F)c(F)c2)n1. The summed E-state index contributed by atoms with van der Waals surface area (Å²) in [5, 5.41) is 4.03. The molecule has 0 aliphatic carbocycles. The molecule has 0 aliphatic rings. The van der Waals surface area contributed by atoms with E-state index < -0.39 is 23.6 Å². The molecular formula is C12H11F4N3. The molecule has 7 heteroatoms. The molecule has 1 aromatic heterocycles. The molecule has 0 bridgehead atoms. The number of nitrogens with two attached hydrogens (primary N) is 1. The van der Waals surface area contributed by atoms with Crippen molar-refractivity contribution in [2.75, 3.05) is 0 Å². The number of hydrogen-bond acceptors (Lipinski definition) is 2. The van der Waals surface area contributed by atoms with Gasteiger partial charge in [-0.05, 0) is 23.8 Å². The molecule has 0 saturated heterocycles. The Morgan fingerprint density at radius 1 is 1.26 bits per heavy atom. The van der Waals surface area contributed by atoms with Crippen LogP contribution in [0.5, 0.6) is 0 Å². The van der Waals surface area contributed by atoms with Crippen molar-refractivity contribution in [3.63, 3.8) is 0 Å². The Bertz CT molecular complexity index is 589. The summed E-state index contributed by atoms with van der Waals surface area (Å²) in [4.78, 5) is 0. The summed E-state index contributed by atoms with van der Waals surface area (Å²) >= 11 is 0. The molecule has 0 spiro atoms. The molecule has 1 aromatic carbocycles. The normalized spacial score (nSPS) is 13.6. The first kappa shape index (κ1) is 13.5. The van der Waals surface area contributed by atoms with Crippen molar-refractivity contribution in [1.29, 1.82) is 0 Å². The topological polar surface area (TPSA) is 43.8 Å². The molecule has 0 saturated carbocycles. The highest BCUT2D eigenvalue weighted by molar-refractivity contribution is 5.32. The Morgan fingerprint density at radius 3 is 2.42 bits per heavy atom. The summed E-state index contributed by atoms with van der Waals surface area (Å²) in [5.41, 5.74) is 5.23. The van der Waals surface area contributed by atoms with Gasteiger partial charge in [0, 0.05) is 13.2 Å². The third kappa shape index (κ3) is 2.76. The first-order valence-electron chi connectivity index (χ1n) is 5.41. The monoisotopic (exact) mass is 273 g/mol. The van der Waals surface area contributed by atoms with E-state index in [1.165, 1.54) is 4.68 Å². The van der Waals surface area contributed by atoms with Crippen molar-refractivity contribution in [1.82, 2.24) is 9.78 Å². The maximum atomic E-state index is 13.4. The first-order valence-corrected chi connectivity index (χ1v) is 5.41. The maximum Gasteiger partial charge on any atom is 0.419 e. The van der Waals surface area contributed by atoms with Crippen LogP contribution >= 0.6 is 0 Å². The number of nitrogens with zero attached hydrogens (tertiary/aromatic N) is 2. The van der Waals surface area contributed by atoms with Crippen molar-refractivity contribution in [2.45, 2.75) is 12.2 Å².